The Bertz CT molecular complexity index is 664. The molecule has 0 spiro atoms. The molecule has 120 valence electrons. The van der Waals surface area contributed by atoms with Gasteiger partial charge >= 0.3 is 0 Å². The third kappa shape index (κ3) is 4.09. The minimum absolute atomic E-state index is 0.0106. The molecule has 1 aliphatic rings. The molecule has 1 aromatic heterocycles. The Morgan fingerprint density at radius 2 is 2.09 bits per heavy atom. The summed E-state index contributed by atoms with van der Waals surface area (Å²) in [6.07, 6.45) is 3.32. The Morgan fingerprint density at radius 3 is 2.74 bits per heavy atom. The highest BCUT2D eigenvalue weighted by molar-refractivity contribution is 7.09. The molecule has 2 N–H and O–H groups in total. The van der Waals surface area contributed by atoms with Crippen LogP contribution < -0.4 is 10.2 Å². The minimum atomic E-state index is -0.0106. The zero-order valence-electron chi connectivity index (χ0n) is 13.4. The molecule has 2 heterocycles. The van der Waals surface area contributed by atoms with Crippen molar-refractivity contribution in [3.63, 3.8) is 0 Å². The van der Waals surface area contributed by atoms with E-state index >= 15 is 0 Å². The molecule has 0 bridgehead atoms. The van der Waals surface area contributed by atoms with Crippen LogP contribution in [0.3, 0.4) is 0 Å². The van der Waals surface area contributed by atoms with Crippen LogP contribution in [0.5, 0.6) is 0 Å². The third-order valence-corrected chi connectivity index (χ3v) is 5.37. The van der Waals surface area contributed by atoms with Gasteiger partial charge in [0, 0.05) is 11.3 Å². The Hall–Kier alpha value is -1.91. The van der Waals surface area contributed by atoms with Gasteiger partial charge in [0.05, 0.1) is 19.6 Å². The molecule has 0 fully saturated rings. The van der Waals surface area contributed by atoms with Crippen LogP contribution in [0, 0.1) is 0 Å². The summed E-state index contributed by atoms with van der Waals surface area (Å²) in [5.74, 6) is 0.143. The fraction of sp³-hybridized carbons (Fsp3) is 0.316. The predicted octanol–water partition coefficient (Wildman–Crippen LogP) is 2.12. The molecular weight excluding hydrogens is 304 g/mol. The van der Waals surface area contributed by atoms with Crippen LogP contribution in [0.2, 0.25) is 0 Å². The van der Waals surface area contributed by atoms with Gasteiger partial charge < -0.3 is 10.2 Å². The van der Waals surface area contributed by atoms with E-state index in [9.17, 15) is 4.79 Å². The van der Waals surface area contributed by atoms with Crippen LogP contribution >= 0.6 is 11.3 Å². The van der Waals surface area contributed by atoms with Gasteiger partial charge in [0.2, 0.25) is 0 Å². The summed E-state index contributed by atoms with van der Waals surface area (Å²) in [7, 11) is 0. The van der Waals surface area contributed by atoms with Crippen LogP contribution in [-0.4, -0.2) is 25.0 Å². The SMILES string of the molecule is C[C@@H](C(=O)NCc1cccs1)[NH+]1CC=C(c2ccccc2)CC1. The second kappa shape index (κ2) is 7.57. The number of carbonyl (C=O) groups is 1. The van der Waals surface area contributed by atoms with E-state index in [2.05, 4.69) is 41.7 Å². The maximum absolute atomic E-state index is 12.3. The summed E-state index contributed by atoms with van der Waals surface area (Å²) in [6.45, 7) is 4.59. The van der Waals surface area contributed by atoms with Crippen molar-refractivity contribution in [3.8, 4) is 0 Å². The van der Waals surface area contributed by atoms with Crippen molar-refractivity contribution < 1.29 is 9.69 Å². The first-order chi connectivity index (χ1) is 11.2. The van der Waals surface area contributed by atoms with Gasteiger partial charge in [-0.1, -0.05) is 36.4 Å². The van der Waals surface area contributed by atoms with Crippen molar-refractivity contribution in [1.82, 2.24) is 5.32 Å². The fourth-order valence-corrected chi connectivity index (χ4v) is 3.63. The Labute approximate surface area is 141 Å². The number of nitrogens with one attached hydrogen (secondary N) is 2. The highest BCUT2D eigenvalue weighted by atomic mass is 32.1. The van der Waals surface area contributed by atoms with Crippen LogP contribution in [-0.2, 0) is 11.3 Å². The molecular formula is C19H23N2OS+. The number of hydrogen-bond donors (Lipinski definition) is 2. The molecule has 0 saturated heterocycles. The molecule has 1 aliphatic heterocycles. The number of carbonyl (C=O) groups excluding carboxylic acids is 1. The number of hydrogen-bond acceptors (Lipinski definition) is 2. The number of amides is 1. The molecule has 1 aromatic carbocycles. The van der Waals surface area contributed by atoms with Gasteiger partial charge in [-0.2, -0.15) is 0 Å². The van der Waals surface area contributed by atoms with E-state index in [1.807, 2.05) is 24.4 Å². The van der Waals surface area contributed by atoms with Crippen LogP contribution in [0.4, 0.5) is 0 Å². The van der Waals surface area contributed by atoms with Gasteiger partial charge in [-0.3, -0.25) is 4.79 Å². The van der Waals surface area contributed by atoms with Crippen LogP contribution in [0.15, 0.2) is 53.9 Å². The summed E-state index contributed by atoms with van der Waals surface area (Å²) < 4.78 is 0. The predicted molar refractivity (Wildman–Crippen MR) is 95.4 cm³/mol. The molecule has 1 amide bonds. The van der Waals surface area contributed by atoms with Crippen molar-refractivity contribution in [2.75, 3.05) is 13.1 Å². The Balaban J connectivity index is 1.54. The quantitative estimate of drug-likeness (QED) is 0.867. The number of benzene rings is 1. The zero-order chi connectivity index (χ0) is 16.1. The lowest BCUT2D eigenvalue weighted by Crippen LogP contribution is -3.17. The number of thiophene rings is 1. The van der Waals surface area contributed by atoms with Crippen LogP contribution in [0.25, 0.3) is 5.57 Å². The van der Waals surface area contributed by atoms with Gasteiger partial charge in [-0.25, -0.2) is 0 Å². The molecule has 23 heavy (non-hydrogen) atoms. The molecule has 4 heteroatoms. The van der Waals surface area contributed by atoms with Crippen LogP contribution in [0.1, 0.15) is 23.8 Å². The highest BCUT2D eigenvalue weighted by Crippen LogP contribution is 2.17. The molecule has 1 unspecified atom stereocenters. The standard InChI is InChI=1S/C19H22N2OS/c1-15(19(22)20-14-18-8-5-13-23-18)21-11-9-17(10-12-21)16-6-3-2-4-7-16/h2-9,13,15H,10-12,14H2,1H3,(H,20,22)/p+1/t15-/m0/s1. The second-order valence-corrected chi connectivity index (χ2v) is 7.01. The number of quaternary nitrogens is 1. The summed E-state index contributed by atoms with van der Waals surface area (Å²) in [5, 5.41) is 5.09. The average molecular weight is 327 g/mol. The molecule has 2 atom stereocenters. The molecule has 3 nitrogen and oxygen atoms in total. The fourth-order valence-electron chi connectivity index (χ4n) is 2.99. The minimum Gasteiger partial charge on any atom is -0.346 e. The first-order valence-electron chi connectivity index (χ1n) is 8.13. The molecule has 0 saturated carbocycles. The maximum atomic E-state index is 12.3. The zero-order valence-corrected chi connectivity index (χ0v) is 14.2. The smallest absolute Gasteiger partial charge is 0.278 e. The monoisotopic (exact) mass is 327 g/mol. The summed E-state index contributed by atoms with van der Waals surface area (Å²) in [6, 6.07) is 14.6. The molecule has 0 aliphatic carbocycles. The van der Waals surface area contributed by atoms with Gasteiger partial charge in [0.1, 0.15) is 0 Å². The summed E-state index contributed by atoms with van der Waals surface area (Å²) in [5.41, 5.74) is 2.71. The lowest BCUT2D eigenvalue weighted by molar-refractivity contribution is -0.909. The van der Waals surface area contributed by atoms with E-state index < -0.39 is 0 Å². The van der Waals surface area contributed by atoms with Crippen molar-refractivity contribution in [3.05, 3.63) is 64.4 Å². The highest BCUT2D eigenvalue weighted by Gasteiger charge is 2.26. The van der Waals surface area contributed by atoms with Gasteiger partial charge in [0.15, 0.2) is 6.04 Å². The lowest BCUT2D eigenvalue weighted by atomic mass is 9.99. The second-order valence-electron chi connectivity index (χ2n) is 5.98. The largest absolute Gasteiger partial charge is 0.346 e. The topological polar surface area (TPSA) is 33.5 Å². The van der Waals surface area contributed by atoms with Crippen molar-refractivity contribution in [1.29, 1.82) is 0 Å². The third-order valence-electron chi connectivity index (χ3n) is 4.49. The average Bonchev–Trinajstić information content (AvgIpc) is 3.13. The first kappa shape index (κ1) is 16.0. The Kier molecular flexibility index (Phi) is 5.26. The lowest BCUT2D eigenvalue weighted by Gasteiger charge is -2.28. The molecule has 3 rings (SSSR count). The maximum Gasteiger partial charge on any atom is 0.278 e. The van der Waals surface area contributed by atoms with E-state index in [4.69, 9.17) is 0 Å². The van der Waals surface area contributed by atoms with E-state index in [0.717, 1.165) is 19.5 Å². The van der Waals surface area contributed by atoms with Gasteiger partial charge in [-0.05, 0) is 35.6 Å². The van der Waals surface area contributed by atoms with E-state index in [0.29, 0.717) is 6.54 Å². The first-order valence-corrected chi connectivity index (χ1v) is 9.01. The van der Waals surface area contributed by atoms with Crippen molar-refractivity contribution in [2.45, 2.75) is 25.9 Å². The van der Waals surface area contributed by atoms with E-state index in [1.54, 1.807) is 11.3 Å². The Morgan fingerprint density at radius 1 is 1.26 bits per heavy atom. The molecule has 2 aromatic rings. The summed E-state index contributed by atoms with van der Waals surface area (Å²) in [4.78, 5) is 14.9. The van der Waals surface area contributed by atoms with Crippen molar-refractivity contribution in [2.24, 2.45) is 0 Å². The van der Waals surface area contributed by atoms with Gasteiger partial charge in [-0.15, -0.1) is 11.3 Å². The summed E-state index contributed by atoms with van der Waals surface area (Å²) >= 11 is 1.68. The number of rotatable bonds is 5. The van der Waals surface area contributed by atoms with E-state index in [1.165, 1.54) is 20.9 Å². The van der Waals surface area contributed by atoms with Crippen molar-refractivity contribution >= 4 is 22.8 Å². The van der Waals surface area contributed by atoms with Gasteiger partial charge in [0.25, 0.3) is 5.91 Å². The normalized spacial score (nSPS) is 19.0. The molecule has 0 radical (unpaired) electrons. The van der Waals surface area contributed by atoms with E-state index in [-0.39, 0.29) is 11.9 Å².